The van der Waals surface area contributed by atoms with Gasteiger partial charge in [-0.25, -0.2) is 4.39 Å². The third-order valence-electron chi connectivity index (χ3n) is 2.20. The summed E-state index contributed by atoms with van der Waals surface area (Å²) in [6.07, 6.45) is 0. The summed E-state index contributed by atoms with van der Waals surface area (Å²) in [4.78, 5) is 0.752. The second kappa shape index (κ2) is 5.89. The molecule has 4 heteroatoms. The second-order valence-corrected chi connectivity index (χ2v) is 5.72. The van der Waals surface area contributed by atoms with Crippen LogP contribution in [-0.2, 0) is 5.75 Å². The van der Waals surface area contributed by atoms with Crippen LogP contribution < -0.4 is 0 Å². The molecule has 0 spiro atoms. The fraction of sp³-hybridized carbons (Fsp3) is 0.0769. The van der Waals surface area contributed by atoms with Gasteiger partial charge in [0.1, 0.15) is 5.82 Å². The van der Waals surface area contributed by atoms with E-state index in [0.717, 1.165) is 10.6 Å². The van der Waals surface area contributed by atoms with E-state index in [1.165, 1.54) is 29.5 Å². The molecule has 0 aliphatic rings. The summed E-state index contributed by atoms with van der Waals surface area (Å²) in [6, 6.07) is 12.8. The zero-order valence-electron chi connectivity index (χ0n) is 8.79. The van der Waals surface area contributed by atoms with E-state index in [1.54, 1.807) is 0 Å². The maximum Gasteiger partial charge on any atom is 0.125 e. The summed E-state index contributed by atoms with van der Waals surface area (Å²) in [5.74, 6) is 0.494. The lowest BCUT2D eigenvalue weighted by molar-refractivity contribution is 0.623. The maximum atomic E-state index is 13.2. The van der Waals surface area contributed by atoms with Crippen LogP contribution in [0.4, 0.5) is 4.39 Å². The highest BCUT2D eigenvalue weighted by molar-refractivity contribution is 9.10. The number of hydrogen-bond acceptors (Lipinski definition) is 1. The van der Waals surface area contributed by atoms with Gasteiger partial charge < -0.3 is 0 Å². The van der Waals surface area contributed by atoms with E-state index < -0.39 is 0 Å². The molecule has 0 bridgehead atoms. The quantitative estimate of drug-likeness (QED) is 0.526. The fourth-order valence-corrected chi connectivity index (χ4v) is 3.16. The Kier molecular flexibility index (Phi) is 4.48. The molecule has 0 unspecified atom stereocenters. The molecule has 0 aliphatic carbocycles. The van der Waals surface area contributed by atoms with Crippen LogP contribution in [-0.4, -0.2) is 0 Å². The van der Waals surface area contributed by atoms with Gasteiger partial charge in [-0.1, -0.05) is 41.9 Å². The van der Waals surface area contributed by atoms with Crippen molar-refractivity contribution in [1.82, 2.24) is 0 Å². The number of benzene rings is 2. The molecule has 0 heterocycles. The summed E-state index contributed by atoms with van der Waals surface area (Å²) in [5, 5.41) is 0.562. The molecule has 2 aromatic carbocycles. The van der Waals surface area contributed by atoms with Crippen molar-refractivity contribution in [3.8, 4) is 0 Å². The minimum Gasteiger partial charge on any atom is -0.207 e. The van der Waals surface area contributed by atoms with Gasteiger partial charge in [0.15, 0.2) is 0 Å². The first-order valence-corrected chi connectivity index (χ1v) is 7.14. The summed E-state index contributed by atoms with van der Waals surface area (Å²) < 4.78 is 13.8. The number of halogens is 3. The Morgan fingerprint density at radius 1 is 1.18 bits per heavy atom. The normalized spacial score (nSPS) is 10.5. The molecule has 2 rings (SSSR count). The van der Waals surface area contributed by atoms with Crippen molar-refractivity contribution in [2.24, 2.45) is 0 Å². The average Bonchev–Trinajstić information content (AvgIpc) is 2.33. The first-order chi connectivity index (χ1) is 8.16. The minimum atomic E-state index is -0.281. The van der Waals surface area contributed by atoms with E-state index in [-0.39, 0.29) is 5.82 Å². The molecule has 0 nitrogen and oxygen atoms in total. The first-order valence-electron chi connectivity index (χ1n) is 4.98. The molecule has 0 saturated carbocycles. The molecular formula is C13H9BrClFS. The Bertz CT molecular complexity index is 516. The molecule has 0 aliphatic heterocycles. The molecule has 0 radical (unpaired) electrons. The number of thioether (sulfide) groups is 1. The van der Waals surface area contributed by atoms with Crippen molar-refractivity contribution in [3.05, 3.63) is 63.3 Å². The van der Waals surface area contributed by atoms with Crippen LogP contribution in [0.2, 0.25) is 5.02 Å². The van der Waals surface area contributed by atoms with Gasteiger partial charge in [-0.2, -0.15) is 0 Å². The standard InChI is InChI=1S/C13H9BrClFS/c14-11-6-10(16)7-12(13(11)15)17-8-9-4-2-1-3-5-9/h1-7H,8H2. The highest BCUT2D eigenvalue weighted by Gasteiger charge is 2.08. The van der Waals surface area contributed by atoms with Gasteiger partial charge in [0, 0.05) is 15.1 Å². The topological polar surface area (TPSA) is 0 Å². The predicted octanol–water partition coefficient (Wildman–Crippen LogP) is 5.53. The van der Waals surface area contributed by atoms with E-state index >= 15 is 0 Å². The zero-order chi connectivity index (χ0) is 12.3. The van der Waals surface area contributed by atoms with Crippen molar-refractivity contribution >= 4 is 39.3 Å². The SMILES string of the molecule is Fc1cc(Br)c(Cl)c(SCc2ccccc2)c1. The Morgan fingerprint density at radius 2 is 1.88 bits per heavy atom. The van der Waals surface area contributed by atoms with Gasteiger partial charge >= 0.3 is 0 Å². The van der Waals surface area contributed by atoms with Crippen molar-refractivity contribution in [3.63, 3.8) is 0 Å². The Hall–Kier alpha value is -0.510. The van der Waals surface area contributed by atoms with Crippen LogP contribution >= 0.6 is 39.3 Å². The molecule has 0 aromatic heterocycles. The van der Waals surface area contributed by atoms with Crippen LogP contribution in [0.15, 0.2) is 51.8 Å². The number of rotatable bonds is 3. The number of hydrogen-bond donors (Lipinski definition) is 0. The van der Waals surface area contributed by atoms with Crippen molar-refractivity contribution in [2.75, 3.05) is 0 Å². The highest BCUT2D eigenvalue weighted by Crippen LogP contribution is 2.35. The summed E-state index contributed by atoms with van der Waals surface area (Å²) in [7, 11) is 0. The monoisotopic (exact) mass is 330 g/mol. The molecular weight excluding hydrogens is 323 g/mol. The fourth-order valence-electron chi connectivity index (χ4n) is 1.37. The van der Waals surface area contributed by atoms with Crippen LogP contribution in [0.3, 0.4) is 0 Å². The summed E-state index contributed by atoms with van der Waals surface area (Å²) in [5.41, 5.74) is 1.19. The van der Waals surface area contributed by atoms with Crippen LogP contribution in [0, 0.1) is 5.82 Å². The van der Waals surface area contributed by atoms with Gasteiger partial charge in [0.05, 0.1) is 5.02 Å². The first kappa shape index (κ1) is 12.9. The van der Waals surface area contributed by atoms with E-state index in [2.05, 4.69) is 15.9 Å². The predicted molar refractivity (Wildman–Crippen MR) is 75.1 cm³/mol. The van der Waals surface area contributed by atoms with E-state index in [0.29, 0.717) is 9.50 Å². The minimum absolute atomic E-state index is 0.281. The Balaban J connectivity index is 2.14. The van der Waals surface area contributed by atoms with E-state index in [9.17, 15) is 4.39 Å². The zero-order valence-corrected chi connectivity index (χ0v) is 11.9. The molecule has 88 valence electrons. The molecule has 0 atom stereocenters. The van der Waals surface area contributed by atoms with E-state index in [4.69, 9.17) is 11.6 Å². The van der Waals surface area contributed by atoms with Crippen LogP contribution in [0.25, 0.3) is 0 Å². The molecule has 0 N–H and O–H groups in total. The molecule has 17 heavy (non-hydrogen) atoms. The Morgan fingerprint density at radius 3 is 2.59 bits per heavy atom. The lowest BCUT2D eigenvalue weighted by Crippen LogP contribution is -1.84. The molecule has 2 aromatic rings. The smallest absolute Gasteiger partial charge is 0.125 e. The van der Waals surface area contributed by atoms with Crippen LogP contribution in [0.1, 0.15) is 5.56 Å². The Labute approximate surface area is 117 Å². The van der Waals surface area contributed by atoms with E-state index in [1.807, 2.05) is 30.3 Å². The van der Waals surface area contributed by atoms with Crippen LogP contribution in [0.5, 0.6) is 0 Å². The van der Waals surface area contributed by atoms with Gasteiger partial charge in [-0.15, -0.1) is 11.8 Å². The maximum absolute atomic E-state index is 13.2. The lowest BCUT2D eigenvalue weighted by Gasteiger charge is -2.06. The van der Waals surface area contributed by atoms with Crippen molar-refractivity contribution in [1.29, 1.82) is 0 Å². The van der Waals surface area contributed by atoms with Gasteiger partial charge in [-0.05, 0) is 33.6 Å². The third kappa shape index (κ3) is 3.47. The molecule has 0 fully saturated rings. The average molecular weight is 332 g/mol. The largest absolute Gasteiger partial charge is 0.207 e. The second-order valence-electron chi connectivity index (χ2n) is 3.47. The molecule has 0 saturated heterocycles. The summed E-state index contributed by atoms with van der Waals surface area (Å²) >= 11 is 10.9. The lowest BCUT2D eigenvalue weighted by atomic mass is 10.2. The summed E-state index contributed by atoms with van der Waals surface area (Å²) in [6.45, 7) is 0. The van der Waals surface area contributed by atoms with Crippen molar-refractivity contribution in [2.45, 2.75) is 10.6 Å². The highest BCUT2D eigenvalue weighted by atomic mass is 79.9. The van der Waals surface area contributed by atoms with Crippen molar-refractivity contribution < 1.29 is 4.39 Å². The van der Waals surface area contributed by atoms with Gasteiger partial charge in [-0.3, -0.25) is 0 Å². The van der Waals surface area contributed by atoms with Gasteiger partial charge in [0.2, 0.25) is 0 Å². The molecule has 0 amide bonds. The van der Waals surface area contributed by atoms with Gasteiger partial charge in [0.25, 0.3) is 0 Å². The third-order valence-corrected chi connectivity index (χ3v) is 4.68.